The number of amides is 1. The van der Waals surface area contributed by atoms with Gasteiger partial charge in [0, 0.05) is 24.2 Å². The van der Waals surface area contributed by atoms with Gasteiger partial charge in [-0.15, -0.1) is 11.3 Å². The highest BCUT2D eigenvalue weighted by Crippen LogP contribution is 2.31. The molecule has 4 heterocycles. The standard InChI is InChI=1S/C19H22N2O3S/c22-18(12-15-5-3-11-25-15)21-9-6-17(19-16(21)7-10-23-19)24-13-14-4-1-2-8-20-14/h1-5,8,11,16-17,19H,6-7,9-10,12-13H2/t16-,17+,19-/m0/s1. The summed E-state index contributed by atoms with van der Waals surface area (Å²) in [6, 6.07) is 9.98. The maximum absolute atomic E-state index is 12.7. The van der Waals surface area contributed by atoms with Gasteiger partial charge in [-0.25, -0.2) is 0 Å². The molecule has 4 rings (SSSR count). The van der Waals surface area contributed by atoms with E-state index in [1.807, 2.05) is 40.6 Å². The first kappa shape index (κ1) is 16.7. The van der Waals surface area contributed by atoms with Crippen LogP contribution < -0.4 is 0 Å². The first-order valence-electron chi connectivity index (χ1n) is 8.76. The molecule has 2 saturated heterocycles. The number of carbonyl (C=O) groups is 1. The second-order valence-electron chi connectivity index (χ2n) is 6.49. The largest absolute Gasteiger partial charge is 0.373 e. The summed E-state index contributed by atoms with van der Waals surface area (Å²) in [5.74, 6) is 0.200. The third-order valence-corrected chi connectivity index (χ3v) is 5.80. The van der Waals surface area contributed by atoms with Crippen LogP contribution in [-0.4, -0.2) is 47.2 Å². The lowest BCUT2D eigenvalue weighted by Crippen LogP contribution is -2.55. The van der Waals surface area contributed by atoms with E-state index in [1.54, 1.807) is 17.5 Å². The van der Waals surface area contributed by atoms with Gasteiger partial charge in [-0.1, -0.05) is 12.1 Å². The van der Waals surface area contributed by atoms with Crippen molar-refractivity contribution >= 4 is 17.2 Å². The van der Waals surface area contributed by atoms with Gasteiger partial charge in [0.25, 0.3) is 0 Å². The molecule has 0 aliphatic carbocycles. The molecule has 2 aliphatic rings. The molecular weight excluding hydrogens is 336 g/mol. The van der Waals surface area contributed by atoms with Gasteiger partial charge in [0.05, 0.1) is 30.9 Å². The van der Waals surface area contributed by atoms with Crippen LogP contribution in [0.3, 0.4) is 0 Å². The number of rotatable bonds is 5. The lowest BCUT2D eigenvalue weighted by atomic mass is 9.95. The lowest BCUT2D eigenvalue weighted by molar-refractivity contribution is -0.145. The first-order valence-corrected chi connectivity index (χ1v) is 9.64. The Morgan fingerprint density at radius 2 is 2.28 bits per heavy atom. The molecule has 3 atom stereocenters. The van der Waals surface area contributed by atoms with E-state index in [1.165, 1.54) is 0 Å². The van der Waals surface area contributed by atoms with Crippen LogP contribution >= 0.6 is 11.3 Å². The summed E-state index contributed by atoms with van der Waals surface area (Å²) in [5.41, 5.74) is 0.924. The van der Waals surface area contributed by atoms with Crippen molar-refractivity contribution in [2.45, 2.75) is 44.1 Å². The van der Waals surface area contributed by atoms with E-state index < -0.39 is 0 Å². The van der Waals surface area contributed by atoms with E-state index in [0.29, 0.717) is 19.6 Å². The SMILES string of the molecule is O=C(Cc1cccs1)N1CC[C@@H](OCc2ccccn2)[C@H]2OCC[C@@H]21. The van der Waals surface area contributed by atoms with Crippen molar-refractivity contribution in [1.29, 1.82) is 0 Å². The Morgan fingerprint density at radius 3 is 3.08 bits per heavy atom. The van der Waals surface area contributed by atoms with E-state index in [4.69, 9.17) is 9.47 Å². The summed E-state index contributed by atoms with van der Waals surface area (Å²) < 4.78 is 12.0. The summed E-state index contributed by atoms with van der Waals surface area (Å²) >= 11 is 1.64. The number of hydrogen-bond donors (Lipinski definition) is 0. The fourth-order valence-electron chi connectivity index (χ4n) is 3.71. The number of piperidine rings is 1. The number of pyridine rings is 1. The maximum Gasteiger partial charge on any atom is 0.228 e. The molecule has 0 radical (unpaired) electrons. The van der Waals surface area contributed by atoms with Gasteiger partial charge in [-0.05, 0) is 36.4 Å². The van der Waals surface area contributed by atoms with E-state index >= 15 is 0 Å². The van der Waals surface area contributed by atoms with E-state index in [0.717, 1.165) is 30.0 Å². The molecule has 2 aromatic rings. The topological polar surface area (TPSA) is 51.7 Å². The van der Waals surface area contributed by atoms with Gasteiger partial charge in [-0.2, -0.15) is 0 Å². The zero-order valence-corrected chi connectivity index (χ0v) is 14.9. The van der Waals surface area contributed by atoms with Crippen LogP contribution in [0.1, 0.15) is 23.4 Å². The van der Waals surface area contributed by atoms with Gasteiger partial charge in [0.15, 0.2) is 0 Å². The van der Waals surface area contributed by atoms with Crippen molar-refractivity contribution in [3.63, 3.8) is 0 Å². The number of likely N-dealkylation sites (tertiary alicyclic amines) is 1. The second kappa shape index (κ2) is 7.64. The Labute approximate surface area is 151 Å². The smallest absolute Gasteiger partial charge is 0.228 e. The zero-order chi connectivity index (χ0) is 17.1. The summed E-state index contributed by atoms with van der Waals surface area (Å²) in [5, 5.41) is 2.02. The van der Waals surface area contributed by atoms with Crippen LogP contribution in [0.5, 0.6) is 0 Å². The number of aromatic nitrogens is 1. The highest BCUT2D eigenvalue weighted by atomic mass is 32.1. The molecule has 0 unspecified atom stereocenters. The molecule has 0 N–H and O–H groups in total. The van der Waals surface area contributed by atoms with Crippen molar-refractivity contribution in [2.24, 2.45) is 0 Å². The number of nitrogens with zero attached hydrogens (tertiary/aromatic N) is 2. The van der Waals surface area contributed by atoms with Crippen molar-refractivity contribution in [3.8, 4) is 0 Å². The molecule has 2 fully saturated rings. The normalized spacial score (nSPS) is 25.8. The fraction of sp³-hybridized carbons (Fsp3) is 0.474. The minimum absolute atomic E-state index is 0.0234. The molecular formula is C19H22N2O3S. The number of carbonyl (C=O) groups excluding carboxylic acids is 1. The molecule has 25 heavy (non-hydrogen) atoms. The van der Waals surface area contributed by atoms with Crippen LogP contribution in [0.4, 0.5) is 0 Å². The van der Waals surface area contributed by atoms with Crippen LogP contribution in [0.25, 0.3) is 0 Å². The molecule has 6 heteroatoms. The van der Waals surface area contributed by atoms with Crippen molar-refractivity contribution in [2.75, 3.05) is 13.2 Å². The van der Waals surface area contributed by atoms with Crippen LogP contribution in [0.15, 0.2) is 41.9 Å². The number of fused-ring (bicyclic) bond motifs is 1. The lowest BCUT2D eigenvalue weighted by Gasteiger charge is -2.41. The molecule has 132 valence electrons. The van der Waals surface area contributed by atoms with Crippen LogP contribution in [0, 0.1) is 0 Å². The highest BCUT2D eigenvalue weighted by Gasteiger charge is 2.44. The van der Waals surface area contributed by atoms with Crippen molar-refractivity contribution in [3.05, 3.63) is 52.5 Å². The molecule has 0 bridgehead atoms. The number of hydrogen-bond acceptors (Lipinski definition) is 5. The van der Waals surface area contributed by atoms with Gasteiger partial charge in [-0.3, -0.25) is 9.78 Å². The highest BCUT2D eigenvalue weighted by molar-refractivity contribution is 7.10. The molecule has 0 aromatic carbocycles. The Hall–Kier alpha value is -1.76. The summed E-state index contributed by atoms with van der Waals surface area (Å²) in [6.07, 6.45) is 3.97. The monoisotopic (exact) mass is 358 g/mol. The predicted octanol–water partition coefficient (Wildman–Crippen LogP) is 2.66. The van der Waals surface area contributed by atoms with E-state index in [2.05, 4.69) is 4.98 Å². The van der Waals surface area contributed by atoms with Crippen LogP contribution in [-0.2, 0) is 27.3 Å². The van der Waals surface area contributed by atoms with Crippen molar-refractivity contribution in [1.82, 2.24) is 9.88 Å². The average molecular weight is 358 g/mol. The minimum atomic E-state index is -0.0234. The van der Waals surface area contributed by atoms with Gasteiger partial charge < -0.3 is 14.4 Å². The average Bonchev–Trinajstić information content (AvgIpc) is 3.32. The summed E-state index contributed by atoms with van der Waals surface area (Å²) in [4.78, 5) is 20.2. The van der Waals surface area contributed by atoms with E-state index in [-0.39, 0.29) is 24.2 Å². The Balaban J connectivity index is 1.38. The number of ether oxygens (including phenoxy) is 2. The van der Waals surface area contributed by atoms with Gasteiger partial charge >= 0.3 is 0 Å². The molecule has 2 aliphatic heterocycles. The quantitative estimate of drug-likeness (QED) is 0.825. The predicted molar refractivity (Wildman–Crippen MR) is 95.3 cm³/mol. The fourth-order valence-corrected chi connectivity index (χ4v) is 4.41. The van der Waals surface area contributed by atoms with Crippen LogP contribution in [0.2, 0.25) is 0 Å². The van der Waals surface area contributed by atoms with E-state index in [9.17, 15) is 4.79 Å². The third kappa shape index (κ3) is 3.76. The molecule has 2 aromatic heterocycles. The zero-order valence-electron chi connectivity index (χ0n) is 14.0. The second-order valence-corrected chi connectivity index (χ2v) is 7.53. The Bertz CT molecular complexity index is 692. The Morgan fingerprint density at radius 1 is 1.32 bits per heavy atom. The van der Waals surface area contributed by atoms with Gasteiger partial charge in [0.2, 0.25) is 5.91 Å². The third-order valence-electron chi connectivity index (χ3n) is 4.92. The van der Waals surface area contributed by atoms with Crippen molar-refractivity contribution < 1.29 is 14.3 Å². The Kier molecular flexibility index (Phi) is 5.10. The molecule has 0 spiro atoms. The summed E-state index contributed by atoms with van der Waals surface area (Å²) in [6.45, 7) is 1.92. The number of thiophene rings is 1. The van der Waals surface area contributed by atoms with Gasteiger partial charge in [0.1, 0.15) is 6.10 Å². The molecule has 5 nitrogen and oxygen atoms in total. The first-order chi connectivity index (χ1) is 12.3. The summed E-state index contributed by atoms with van der Waals surface area (Å²) in [7, 11) is 0. The minimum Gasteiger partial charge on any atom is -0.373 e. The molecule has 1 amide bonds. The molecule has 0 saturated carbocycles. The maximum atomic E-state index is 12.7.